The van der Waals surface area contributed by atoms with Gasteiger partial charge in [-0.2, -0.15) is 0 Å². The zero-order chi connectivity index (χ0) is 13.6. The summed E-state index contributed by atoms with van der Waals surface area (Å²) in [5.74, 6) is 0.511. The topological polar surface area (TPSA) is 18.5 Å². The zero-order valence-electron chi connectivity index (χ0n) is 12.7. The van der Waals surface area contributed by atoms with E-state index in [0.717, 1.165) is 12.8 Å². The van der Waals surface area contributed by atoms with E-state index in [-0.39, 0.29) is 23.4 Å². The van der Waals surface area contributed by atoms with Crippen LogP contribution in [0.3, 0.4) is 0 Å². The van der Waals surface area contributed by atoms with Gasteiger partial charge in [-0.3, -0.25) is 0 Å². The third-order valence-corrected chi connectivity index (χ3v) is 4.73. The molecule has 1 aliphatic heterocycles. The Kier molecular flexibility index (Phi) is 3.63. The number of ether oxygens (including phenoxy) is 2. The van der Waals surface area contributed by atoms with Crippen molar-refractivity contribution in [3.8, 4) is 0 Å². The molecule has 0 bridgehead atoms. The summed E-state index contributed by atoms with van der Waals surface area (Å²) in [6, 6.07) is 0. The molecule has 2 rings (SSSR count). The first-order chi connectivity index (χ1) is 8.23. The highest BCUT2D eigenvalue weighted by atomic mass is 16.7. The maximum atomic E-state index is 6.24. The van der Waals surface area contributed by atoms with Gasteiger partial charge >= 0.3 is 0 Å². The van der Waals surface area contributed by atoms with E-state index >= 15 is 0 Å². The largest absolute Gasteiger partial charge is 0.349 e. The summed E-state index contributed by atoms with van der Waals surface area (Å²) >= 11 is 0. The Labute approximate surface area is 112 Å². The average molecular weight is 252 g/mol. The van der Waals surface area contributed by atoms with E-state index in [1.165, 1.54) is 12.0 Å². The molecule has 2 nitrogen and oxygen atoms in total. The third-order valence-electron chi connectivity index (χ3n) is 4.73. The molecule has 104 valence electrons. The number of rotatable bonds is 1. The standard InChI is InChI=1S/C16H28O2/c1-11-7-8-16(6,12(2)9-11)14-17-13(3)10-15(4,5)18-14/h9,12-14H,7-8,10H2,1-6H3/t12-,13-,14-,16+/m1/s1. The highest BCUT2D eigenvalue weighted by Crippen LogP contribution is 2.47. The molecule has 1 aliphatic carbocycles. The Hall–Kier alpha value is -0.340. The molecule has 0 aromatic rings. The minimum absolute atomic E-state index is 0.0682. The Morgan fingerprint density at radius 1 is 1.22 bits per heavy atom. The summed E-state index contributed by atoms with van der Waals surface area (Å²) in [5, 5.41) is 0. The van der Waals surface area contributed by atoms with Crippen LogP contribution in [0.2, 0.25) is 0 Å². The van der Waals surface area contributed by atoms with Crippen LogP contribution in [0.5, 0.6) is 0 Å². The monoisotopic (exact) mass is 252 g/mol. The van der Waals surface area contributed by atoms with E-state index in [9.17, 15) is 0 Å². The molecule has 0 radical (unpaired) electrons. The fourth-order valence-corrected chi connectivity index (χ4v) is 3.33. The molecule has 18 heavy (non-hydrogen) atoms. The van der Waals surface area contributed by atoms with Gasteiger partial charge in [0.15, 0.2) is 6.29 Å². The minimum atomic E-state index is -0.0735. The van der Waals surface area contributed by atoms with Crippen LogP contribution >= 0.6 is 0 Å². The summed E-state index contributed by atoms with van der Waals surface area (Å²) in [6.45, 7) is 13.4. The van der Waals surface area contributed by atoms with Crippen LogP contribution in [-0.4, -0.2) is 18.0 Å². The predicted molar refractivity (Wildman–Crippen MR) is 74.4 cm³/mol. The van der Waals surface area contributed by atoms with Crippen molar-refractivity contribution >= 4 is 0 Å². The van der Waals surface area contributed by atoms with Crippen molar-refractivity contribution in [1.82, 2.24) is 0 Å². The molecular formula is C16H28O2. The predicted octanol–water partition coefficient (Wildman–Crippen LogP) is 4.30. The van der Waals surface area contributed by atoms with E-state index < -0.39 is 0 Å². The lowest BCUT2D eigenvalue weighted by Crippen LogP contribution is -2.52. The molecule has 0 aromatic carbocycles. The molecule has 1 fully saturated rings. The average Bonchev–Trinajstić information content (AvgIpc) is 2.21. The first-order valence-corrected chi connectivity index (χ1v) is 7.23. The maximum absolute atomic E-state index is 6.24. The second kappa shape index (κ2) is 4.64. The number of allylic oxidation sites excluding steroid dienone is 2. The van der Waals surface area contributed by atoms with Crippen molar-refractivity contribution in [2.75, 3.05) is 0 Å². The molecule has 0 amide bonds. The molecule has 0 unspecified atom stereocenters. The van der Waals surface area contributed by atoms with Crippen LogP contribution in [0.15, 0.2) is 11.6 Å². The molecule has 2 aliphatic rings. The van der Waals surface area contributed by atoms with Gasteiger partial charge in [0.2, 0.25) is 0 Å². The fourth-order valence-electron chi connectivity index (χ4n) is 3.33. The van der Waals surface area contributed by atoms with E-state index in [4.69, 9.17) is 9.47 Å². The van der Waals surface area contributed by atoms with Crippen molar-refractivity contribution in [2.24, 2.45) is 11.3 Å². The number of hydrogen-bond acceptors (Lipinski definition) is 2. The molecular weight excluding hydrogens is 224 g/mol. The normalized spacial score (nSPS) is 44.6. The molecule has 0 N–H and O–H groups in total. The quantitative estimate of drug-likeness (QED) is 0.648. The molecule has 0 spiro atoms. The summed E-state index contributed by atoms with van der Waals surface area (Å²) in [4.78, 5) is 0. The van der Waals surface area contributed by atoms with Crippen molar-refractivity contribution in [3.05, 3.63) is 11.6 Å². The van der Waals surface area contributed by atoms with Gasteiger partial charge < -0.3 is 9.47 Å². The molecule has 2 heteroatoms. The van der Waals surface area contributed by atoms with E-state index in [1.807, 2.05) is 0 Å². The van der Waals surface area contributed by atoms with Gasteiger partial charge in [0.25, 0.3) is 0 Å². The van der Waals surface area contributed by atoms with Gasteiger partial charge in [-0.25, -0.2) is 0 Å². The van der Waals surface area contributed by atoms with Crippen molar-refractivity contribution in [3.63, 3.8) is 0 Å². The zero-order valence-corrected chi connectivity index (χ0v) is 12.7. The summed E-state index contributed by atoms with van der Waals surface area (Å²) in [5.41, 5.74) is 1.54. The van der Waals surface area contributed by atoms with Crippen LogP contribution in [0.25, 0.3) is 0 Å². The third kappa shape index (κ3) is 2.65. The Morgan fingerprint density at radius 3 is 2.44 bits per heavy atom. The van der Waals surface area contributed by atoms with E-state index in [0.29, 0.717) is 5.92 Å². The van der Waals surface area contributed by atoms with Gasteiger partial charge in [-0.05, 0) is 46.5 Å². The van der Waals surface area contributed by atoms with Crippen molar-refractivity contribution in [2.45, 2.75) is 78.8 Å². The first kappa shape index (κ1) is 14.1. The second-order valence-electron chi connectivity index (χ2n) is 7.17. The Balaban J connectivity index is 2.20. The summed E-state index contributed by atoms with van der Waals surface area (Å²) in [6.07, 6.45) is 5.90. The minimum Gasteiger partial charge on any atom is -0.349 e. The first-order valence-electron chi connectivity index (χ1n) is 7.23. The lowest BCUT2D eigenvalue weighted by Gasteiger charge is -2.50. The molecule has 4 atom stereocenters. The van der Waals surface area contributed by atoms with E-state index in [1.54, 1.807) is 0 Å². The van der Waals surface area contributed by atoms with Gasteiger partial charge in [-0.1, -0.05) is 25.5 Å². The van der Waals surface area contributed by atoms with Crippen LogP contribution in [0.1, 0.15) is 60.8 Å². The second-order valence-corrected chi connectivity index (χ2v) is 7.17. The van der Waals surface area contributed by atoms with Crippen LogP contribution in [-0.2, 0) is 9.47 Å². The maximum Gasteiger partial charge on any atom is 0.164 e. The Morgan fingerprint density at radius 2 is 1.89 bits per heavy atom. The highest BCUT2D eigenvalue weighted by Gasteiger charge is 2.47. The lowest BCUT2D eigenvalue weighted by molar-refractivity contribution is -0.314. The fraction of sp³-hybridized carbons (Fsp3) is 0.875. The van der Waals surface area contributed by atoms with Gasteiger partial charge in [0.1, 0.15) is 0 Å². The smallest absolute Gasteiger partial charge is 0.164 e. The van der Waals surface area contributed by atoms with Gasteiger partial charge in [0.05, 0.1) is 11.7 Å². The van der Waals surface area contributed by atoms with E-state index in [2.05, 4.69) is 47.6 Å². The molecule has 0 aromatic heterocycles. The van der Waals surface area contributed by atoms with Crippen molar-refractivity contribution < 1.29 is 9.47 Å². The van der Waals surface area contributed by atoms with Gasteiger partial charge in [0, 0.05) is 11.8 Å². The highest BCUT2D eigenvalue weighted by molar-refractivity contribution is 5.11. The SMILES string of the molecule is CC1=C[C@@H](C)[C@@](C)([C@@H]2O[C@H](C)CC(C)(C)O2)CC1. The number of hydrogen-bond donors (Lipinski definition) is 0. The molecule has 1 heterocycles. The van der Waals surface area contributed by atoms with Crippen LogP contribution < -0.4 is 0 Å². The van der Waals surface area contributed by atoms with Crippen molar-refractivity contribution in [1.29, 1.82) is 0 Å². The summed E-state index contributed by atoms with van der Waals surface area (Å²) in [7, 11) is 0. The van der Waals surface area contributed by atoms with Crippen LogP contribution in [0, 0.1) is 11.3 Å². The lowest BCUT2D eigenvalue weighted by atomic mass is 9.69. The molecule has 0 saturated carbocycles. The summed E-state index contributed by atoms with van der Waals surface area (Å²) < 4.78 is 12.4. The Bertz CT molecular complexity index is 345. The van der Waals surface area contributed by atoms with Crippen LogP contribution in [0.4, 0.5) is 0 Å². The van der Waals surface area contributed by atoms with Gasteiger partial charge in [-0.15, -0.1) is 0 Å². The molecule has 1 saturated heterocycles.